The first-order chi connectivity index (χ1) is 8.50. The van der Waals surface area contributed by atoms with Crippen molar-refractivity contribution in [1.29, 1.82) is 0 Å². The van der Waals surface area contributed by atoms with E-state index in [2.05, 4.69) is 10.6 Å². The Bertz CT molecular complexity index is 387. The second-order valence-electron chi connectivity index (χ2n) is 4.34. The van der Waals surface area contributed by atoms with Gasteiger partial charge in [0.25, 0.3) is 0 Å². The Balaban J connectivity index is 2.23. The Morgan fingerprint density at radius 3 is 2.67 bits per heavy atom. The number of furan rings is 1. The Hall–Kier alpha value is -1.82. The van der Waals surface area contributed by atoms with Crippen LogP contribution in [0.1, 0.15) is 19.6 Å². The molecule has 0 unspecified atom stereocenters. The molecular weight excluding hydrogens is 234 g/mol. The summed E-state index contributed by atoms with van der Waals surface area (Å²) in [6.07, 6.45) is 1.53. The molecular formula is C12H19N3O3. The smallest absolute Gasteiger partial charge is 0.239 e. The molecule has 0 saturated carbocycles. The van der Waals surface area contributed by atoms with Crippen LogP contribution in [-0.2, 0) is 16.1 Å². The molecule has 1 aromatic heterocycles. The molecule has 4 N–H and O–H groups in total. The van der Waals surface area contributed by atoms with Gasteiger partial charge in [-0.1, -0.05) is 13.8 Å². The van der Waals surface area contributed by atoms with Gasteiger partial charge in [0.05, 0.1) is 25.4 Å². The third-order valence-corrected chi connectivity index (χ3v) is 2.48. The molecule has 100 valence electrons. The van der Waals surface area contributed by atoms with Gasteiger partial charge in [-0.15, -0.1) is 0 Å². The molecule has 2 amide bonds. The summed E-state index contributed by atoms with van der Waals surface area (Å²) in [6, 6.07) is 2.90. The summed E-state index contributed by atoms with van der Waals surface area (Å²) in [7, 11) is 0. The summed E-state index contributed by atoms with van der Waals surface area (Å²) in [5.41, 5.74) is 5.64. The molecule has 0 bridgehead atoms. The SMILES string of the molecule is CC(C)[C@H](N)C(=O)NCC(=O)NCc1ccco1. The van der Waals surface area contributed by atoms with Crippen LogP contribution in [0.5, 0.6) is 0 Å². The number of hydrogen-bond acceptors (Lipinski definition) is 4. The molecule has 0 aliphatic heterocycles. The van der Waals surface area contributed by atoms with Crippen LogP contribution in [0.25, 0.3) is 0 Å². The lowest BCUT2D eigenvalue weighted by Gasteiger charge is -2.14. The summed E-state index contributed by atoms with van der Waals surface area (Å²) < 4.78 is 5.06. The molecule has 0 spiro atoms. The van der Waals surface area contributed by atoms with Gasteiger partial charge in [0.15, 0.2) is 0 Å². The monoisotopic (exact) mass is 253 g/mol. The van der Waals surface area contributed by atoms with Crippen LogP contribution in [0.2, 0.25) is 0 Å². The fourth-order valence-electron chi connectivity index (χ4n) is 1.25. The Morgan fingerprint density at radius 1 is 1.39 bits per heavy atom. The predicted octanol–water partition coefficient (Wildman–Crippen LogP) is -0.00470. The topological polar surface area (TPSA) is 97.4 Å². The number of rotatable bonds is 6. The summed E-state index contributed by atoms with van der Waals surface area (Å²) in [6.45, 7) is 3.92. The zero-order chi connectivity index (χ0) is 13.5. The summed E-state index contributed by atoms with van der Waals surface area (Å²) >= 11 is 0. The molecule has 0 saturated heterocycles. The number of carbonyl (C=O) groups excluding carboxylic acids is 2. The van der Waals surface area contributed by atoms with Gasteiger partial charge in [-0.25, -0.2) is 0 Å². The fraction of sp³-hybridized carbons (Fsp3) is 0.500. The van der Waals surface area contributed by atoms with E-state index in [4.69, 9.17) is 10.2 Å². The van der Waals surface area contributed by atoms with E-state index in [1.807, 2.05) is 13.8 Å². The van der Waals surface area contributed by atoms with Crippen LogP contribution in [0.4, 0.5) is 0 Å². The third kappa shape index (κ3) is 4.58. The highest BCUT2D eigenvalue weighted by Gasteiger charge is 2.17. The van der Waals surface area contributed by atoms with Crippen molar-refractivity contribution in [3.63, 3.8) is 0 Å². The maximum absolute atomic E-state index is 11.5. The number of nitrogens with two attached hydrogens (primary N) is 1. The van der Waals surface area contributed by atoms with Crippen LogP contribution in [-0.4, -0.2) is 24.4 Å². The highest BCUT2D eigenvalue weighted by atomic mass is 16.3. The average molecular weight is 253 g/mol. The molecule has 0 fully saturated rings. The molecule has 1 rings (SSSR count). The molecule has 0 aromatic carbocycles. The zero-order valence-electron chi connectivity index (χ0n) is 10.6. The molecule has 0 aliphatic carbocycles. The molecule has 6 nitrogen and oxygen atoms in total. The van der Waals surface area contributed by atoms with Gasteiger partial charge in [-0.3, -0.25) is 9.59 Å². The lowest BCUT2D eigenvalue weighted by Crippen LogP contribution is -2.47. The van der Waals surface area contributed by atoms with E-state index in [0.717, 1.165) is 0 Å². The number of nitrogens with one attached hydrogen (secondary N) is 2. The van der Waals surface area contributed by atoms with E-state index in [9.17, 15) is 9.59 Å². The molecule has 0 aliphatic rings. The number of amides is 2. The van der Waals surface area contributed by atoms with Crippen LogP contribution in [0.3, 0.4) is 0 Å². The quantitative estimate of drug-likeness (QED) is 0.664. The van der Waals surface area contributed by atoms with E-state index in [0.29, 0.717) is 12.3 Å². The first kappa shape index (κ1) is 14.2. The zero-order valence-corrected chi connectivity index (χ0v) is 10.6. The predicted molar refractivity (Wildman–Crippen MR) is 66.4 cm³/mol. The van der Waals surface area contributed by atoms with Crippen molar-refractivity contribution in [1.82, 2.24) is 10.6 Å². The second-order valence-corrected chi connectivity index (χ2v) is 4.34. The van der Waals surface area contributed by atoms with Crippen LogP contribution >= 0.6 is 0 Å². The van der Waals surface area contributed by atoms with Gasteiger partial charge >= 0.3 is 0 Å². The maximum Gasteiger partial charge on any atom is 0.239 e. The van der Waals surface area contributed by atoms with Crippen molar-refractivity contribution in [2.24, 2.45) is 11.7 Å². The minimum atomic E-state index is -0.595. The van der Waals surface area contributed by atoms with Gasteiger partial charge in [-0.05, 0) is 18.1 Å². The molecule has 6 heteroatoms. The van der Waals surface area contributed by atoms with E-state index in [1.54, 1.807) is 12.1 Å². The van der Waals surface area contributed by atoms with Gasteiger partial charge in [0, 0.05) is 0 Å². The molecule has 1 atom stereocenters. The highest BCUT2D eigenvalue weighted by Crippen LogP contribution is 1.98. The standard InChI is InChI=1S/C12H19N3O3/c1-8(2)11(13)12(17)15-7-10(16)14-6-9-4-3-5-18-9/h3-5,8,11H,6-7,13H2,1-2H3,(H,14,16)(H,15,17)/t11-/m0/s1. The Morgan fingerprint density at radius 2 is 2.11 bits per heavy atom. The Labute approximate surface area is 106 Å². The third-order valence-electron chi connectivity index (χ3n) is 2.48. The minimum Gasteiger partial charge on any atom is -0.467 e. The fourth-order valence-corrected chi connectivity index (χ4v) is 1.25. The number of hydrogen-bond donors (Lipinski definition) is 3. The highest BCUT2D eigenvalue weighted by molar-refractivity contribution is 5.87. The first-order valence-corrected chi connectivity index (χ1v) is 5.83. The van der Waals surface area contributed by atoms with E-state index in [-0.39, 0.29) is 24.3 Å². The molecule has 1 heterocycles. The number of carbonyl (C=O) groups is 2. The summed E-state index contributed by atoms with van der Waals surface area (Å²) in [5, 5.41) is 5.11. The van der Waals surface area contributed by atoms with Crippen molar-refractivity contribution in [2.75, 3.05) is 6.54 Å². The normalized spacial score (nSPS) is 12.2. The van der Waals surface area contributed by atoms with Crippen LogP contribution < -0.4 is 16.4 Å². The van der Waals surface area contributed by atoms with Crippen molar-refractivity contribution in [3.05, 3.63) is 24.2 Å². The van der Waals surface area contributed by atoms with Crippen LogP contribution in [0.15, 0.2) is 22.8 Å². The largest absolute Gasteiger partial charge is 0.467 e. The lowest BCUT2D eigenvalue weighted by molar-refractivity contribution is -0.127. The van der Waals surface area contributed by atoms with E-state index in [1.165, 1.54) is 6.26 Å². The van der Waals surface area contributed by atoms with Crippen molar-refractivity contribution in [3.8, 4) is 0 Å². The summed E-state index contributed by atoms with van der Waals surface area (Å²) in [5.74, 6) is 0.0959. The van der Waals surface area contributed by atoms with Crippen molar-refractivity contribution < 1.29 is 14.0 Å². The molecule has 1 aromatic rings. The Kier molecular flexibility index (Phi) is 5.38. The van der Waals surface area contributed by atoms with Crippen molar-refractivity contribution in [2.45, 2.75) is 26.4 Å². The molecule has 18 heavy (non-hydrogen) atoms. The second kappa shape index (κ2) is 6.80. The first-order valence-electron chi connectivity index (χ1n) is 5.83. The van der Waals surface area contributed by atoms with Gasteiger partial charge in [0.1, 0.15) is 5.76 Å². The van der Waals surface area contributed by atoms with E-state index < -0.39 is 6.04 Å². The van der Waals surface area contributed by atoms with Gasteiger partial charge in [0.2, 0.25) is 11.8 Å². The van der Waals surface area contributed by atoms with Gasteiger partial charge in [-0.2, -0.15) is 0 Å². The average Bonchev–Trinajstić information content (AvgIpc) is 2.85. The lowest BCUT2D eigenvalue weighted by atomic mass is 10.1. The maximum atomic E-state index is 11.5. The molecule has 0 radical (unpaired) electrons. The van der Waals surface area contributed by atoms with Gasteiger partial charge < -0.3 is 20.8 Å². The van der Waals surface area contributed by atoms with Crippen molar-refractivity contribution >= 4 is 11.8 Å². The summed E-state index contributed by atoms with van der Waals surface area (Å²) in [4.78, 5) is 22.9. The van der Waals surface area contributed by atoms with Crippen LogP contribution in [0, 0.1) is 5.92 Å². The van der Waals surface area contributed by atoms with E-state index >= 15 is 0 Å². The minimum absolute atomic E-state index is 0.0381.